The summed E-state index contributed by atoms with van der Waals surface area (Å²) in [5.74, 6) is 2.65. The van der Waals surface area contributed by atoms with Crippen LogP contribution in [0.25, 0.3) is 11.0 Å². The molecule has 0 aliphatic rings. The zero-order valence-electron chi connectivity index (χ0n) is 7.20. The largest absolute Gasteiger partial charge is 0.449 e. The standard InChI is InChI=1S/C11H8OS/c1-3-8-9-6-4-5-7-10(9)12-11(8)13-2/h1,4-7H,2H3. The maximum absolute atomic E-state index is 5.56. The Balaban J connectivity index is 2.83. The molecule has 0 atom stereocenters. The second kappa shape index (κ2) is 3.20. The van der Waals surface area contributed by atoms with Crippen LogP contribution in [0.5, 0.6) is 0 Å². The smallest absolute Gasteiger partial charge is 0.176 e. The first-order chi connectivity index (χ1) is 6.36. The number of furan rings is 1. The van der Waals surface area contributed by atoms with Crippen molar-refractivity contribution >= 4 is 22.7 Å². The Morgan fingerprint density at radius 2 is 2.15 bits per heavy atom. The Morgan fingerprint density at radius 3 is 2.85 bits per heavy atom. The lowest BCUT2D eigenvalue weighted by Gasteiger charge is -1.87. The third kappa shape index (κ3) is 1.22. The van der Waals surface area contributed by atoms with Crippen molar-refractivity contribution < 1.29 is 4.42 Å². The van der Waals surface area contributed by atoms with E-state index in [9.17, 15) is 0 Å². The lowest BCUT2D eigenvalue weighted by molar-refractivity contribution is 0.514. The van der Waals surface area contributed by atoms with Crippen LogP contribution in [-0.4, -0.2) is 6.26 Å². The number of hydrogen-bond acceptors (Lipinski definition) is 2. The molecule has 0 fully saturated rings. The summed E-state index contributed by atoms with van der Waals surface area (Å²) in [6.45, 7) is 0. The Kier molecular flexibility index (Phi) is 2.03. The SMILES string of the molecule is C#Cc1c(SC)oc2ccccc12. The molecule has 1 nitrogen and oxygen atoms in total. The molecule has 0 saturated heterocycles. The van der Waals surface area contributed by atoms with Gasteiger partial charge in [-0.2, -0.15) is 0 Å². The quantitative estimate of drug-likeness (QED) is 0.504. The van der Waals surface area contributed by atoms with Crippen molar-refractivity contribution in [1.29, 1.82) is 0 Å². The highest BCUT2D eigenvalue weighted by Gasteiger charge is 2.09. The molecule has 2 aromatic rings. The maximum atomic E-state index is 5.56. The van der Waals surface area contributed by atoms with E-state index < -0.39 is 0 Å². The van der Waals surface area contributed by atoms with E-state index in [-0.39, 0.29) is 0 Å². The zero-order valence-corrected chi connectivity index (χ0v) is 8.02. The second-order valence-corrected chi connectivity index (χ2v) is 3.39. The second-order valence-electron chi connectivity index (χ2n) is 2.61. The molecule has 0 unspecified atom stereocenters. The molecule has 1 aromatic carbocycles. The highest BCUT2D eigenvalue weighted by atomic mass is 32.2. The monoisotopic (exact) mass is 188 g/mol. The van der Waals surface area contributed by atoms with Crippen LogP contribution in [-0.2, 0) is 0 Å². The summed E-state index contributed by atoms with van der Waals surface area (Å²) >= 11 is 1.54. The molecule has 0 radical (unpaired) electrons. The minimum atomic E-state index is 0.823. The van der Waals surface area contributed by atoms with Gasteiger partial charge in [0.25, 0.3) is 0 Å². The van der Waals surface area contributed by atoms with E-state index in [0.717, 1.165) is 21.6 Å². The van der Waals surface area contributed by atoms with Crippen molar-refractivity contribution in [2.45, 2.75) is 5.09 Å². The summed E-state index contributed by atoms with van der Waals surface area (Å²) in [6, 6.07) is 7.81. The summed E-state index contributed by atoms with van der Waals surface area (Å²) in [7, 11) is 0. The molecule has 0 N–H and O–H groups in total. The molecule has 2 rings (SSSR count). The Morgan fingerprint density at radius 1 is 1.38 bits per heavy atom. The molecule has 0 bridgehead atoms. The fourth-order valence-corrected chi connectivity index (χ4v) is 1.85. The third-order valence-corrected chi connectivity index (χ3v) is 2.55. The van der Waals surface area contributed by atoms with E-state index in [1.165, 1.54) is 11.8 Å². The van der Waals surface area contributed by atoms with Gasteiger partial charge < -0.3 is 4.42 Å². The molecule has 64 valence electrons. The number of fused-ring (bicyclic) bond motifs is 1. The van der Waals surface area contributed by atoms with Crippen LogP contribution in [0.4, 0.5) is 0 Å². The number of hydrogen-bond donors (Lipinski definition) is 0. The number of terminal acetylenes is 1. The highest BCUT2D eigenvalue weighted by molar-refractivity contribution is 7.98. The van der Waals surface area contributed by atoms with E-state index in [0.29, 0.717) is 0 Å². The number of benzene rings is 1. The van der Waals surface area contributed by atoms with Crippen LogP contribution < -0.4 is 0 Å². The highest BCUT2D eigenvalue weighted by Crippen LogP contribution is 2.30. The van der Waals surface area contributed by atoms with Crippen LogP contribution in [0.3, 0.4) is 0 Å². The predicted octanol–water partition coefficient (Wildman–Crippen LogP) is 3.14. The van der Waals surface area contributed by atoms with Crippen molar-refractivity contribution in [3.8, 4) is 12.3 Å². The summed E-state index contributed by atoms with van der Waals surface area (Å²) in [4.78, 5) is 0. The van der Waals surface area contributed by atoms with E-state index >= 15 is 0 Å². The molecular formula is C11H8OS. The minimum Gasteiger partial charge on any atom is -0.449 e. The first-order valence-corrected chi connectivity index (χ1v) is 5.11. The Hall–Kier alpha value is -1.33. The van der Waals surface area contributed by atoms with Gasteiger partial charge in [-0.15, -0.1) is 6.42 Å². The van der Waals surface area contributed by atoms with Gasteiger partial charge >= 0.3 is 0 Å². The first-order valence-electron chi connectivity index (χ1n) is 3.89. The topological polar surface area (TPSA) is 13.1 Å². The summed E-state index contributed by atoms with van der Waals surface area (Å²) in [5, 5.41) is 1.85. The molecular weight excluding hydrogens is 180 g/mol. The molecule has 1 heterocycles. The summed E-state index contributed by atoms with van der Waals surface area (Å²) in [5.41, 5.74) is 1.72. The zero-order chi connectivity index (χ0) is 9.26. The van der Waals surface area contributed by atoms with Gasteiger partial charge in [0, 0.05) is 5.39 Å². The number of para-hydroxylation sites is 1. The Labute approximate surface area is 81.1 Å². The van der Waals surface area contributed by atoms with Gasteiger partial charge in [-0.3, -0.25) is 0 Å². The molecule has 2 heteroatoms. The fraction of sp³-hybridized carbons (Fsp3) is 0.0909. The minimum absolute atomic E-state index is 0.823. The normalized spacial score (nSPS) is 10.2. The molecule has 13 heavy (non-hydrogen) atoms. The molecule has 1 aromatic heterocycles. The van der Waals surface area contributed by atoms with Crippen molar-refractivity contribution in [2.24, 2.45) is 0 Å². The Bertz CT molecular complexity index is 476. The third-order valence-electron chi connectivity index (χ3n) is 1.89. The van der Waals surface area contributed by atoms with Crippen LogP contribution in [0.1, 0.15) is 5.56 Å². The molecule has 0 spiro atoms. The maximum Gasteiger partial charge on any atom is 0.176 e. The predicted molar refractivity (Wildman–Crippen MR) is 55.9 cm³/mol. The average Bonchev–Trinajstić information content (AvgIpc) is 2.55. The van der Waals surface area contributed by atoms with E-state index in [1.54, 1.807) is 0 Å². The first kappa shape index (κ1) is 8.28. The summed E-state index contributed by atoms with van der Waals surface area (Å²) in [6.07, 6.45) is 7.37. The van der Waals surface area contributed by atoms with E-state index in [1.807, 2.05) is 30.5 Å². The van der Waals surface area contributed by atoms with Crippen molar-refractivity contribution in [3.63, 3.8) is 0 Å². The van der Waals surface area contributed by atoms with Crippen molar-refractivity contribution in [3.05, 3.63) is 29.8 Å². The van der Waals surface area contributed by atoms with Gasteiger partial charge in [-0.05, 0) is 18.4 Å². The van der Waals surface area contributed by atoms with Crippen molar-refractivity contribution in [2.75, 3.05) is 6.26 Å². The van der Waals surface area contributed by atoms with Gasteiger partial charge in [0.15, 0.2) is 5.09 Å². The number of thioether (sulfide) groups is 1. The van der Waals surface area contributed by atoms with Gasteiger partial charge in [0.1, 0.15) is 5.58 Å². The van der Waals surface area contributed by atoms with E-state index in [4.69, 9.17) is 10.8 Å². The molecule has 0 aliphatic heterocycles. The van der Waals surface area contributed by atoms with Crippen LogP contribution in [0.2, 0.25) is 0 Å². The van der Waals surface area contributed by atoms with Gasteiger partial charge in [0.2, 0.25) is 0 Å². The van der Waals surface area contributed by atoms with Gasteiger partial charge in [-0.25, -0.2) is 0 Å². The van der Waals surface area contributed by atoms with Crippen LogP contribution in [0.15, 0.2) is 33.8 Å². The fourth-order valence-electron chi connectivity index (χ4n) is 1.30. The lowest BCUT2D eigenvalue weighted by Crippen LogP contribution is -1.71. The molecule has 0 aliphatic carbocycles. The van der Waals surface area contributed by atoms with Crippen LogP contribution in [0, 0.1) is 12.3 Å². The van der Waals surface area contributed by atoms with Gasteiger partial charge in [0.05, 0.1) is 5.56 Å². The van der Waals surface area contributed by atoms with Crippen molar-refractivity contribution in [1.82, 2.24) is 0 Å². The molecule has 0 saturated carbocycles. The molecule has 0 amide bonds. The average molecular weight is 188 g/mol. The van der Waals surface area contributed by atoms with Gasteiger partial charge in [-0.1, -0.05) is 29.8 Å². The van der Waals surface area contributed by atoms with Crippen LogP contribution >= 0.6 is 11.8 Å². The number of rotatable bonds is 1. The lowest BCUT2D eigenvalue weighted by atomic mass is 10.2. The summed E-state index contributed by atoms with van der Waals surface area (Å²) < 4.78 is 5.56. The van der Waals surface area contributed by atoms with E-state index in [2.05, 4.69) is 5.92 Å².